The van der Waals surface area contributed by atoms with E-state index in [2.05, 4.69) is 10.2 Å². The van der Waals surface area contributed by atoms with Crippen LogP contribution in [0.25, 0.3) is 0 Å². The van der Waals surface area contributed by atoms with Gasteiger partial charge in [0.15, 0.2) is 0 Å². The van der Waals surface area contributed by atoms with Crippen LogP contribution in [-0.4, -0.2) is 71.5 Å². The van der Waals surface area contributed by atoms with Crippen molar-refractivity contribution in [3.8, 4) is 0 Å². The van der Waals surface area contributed by atoms with Gasteiger partial charge in [-0.2, -0.15) is 0 Å². The molecule has 34 heavy (non-hydrogen) atoms. The number of carboxylic acid groups (broad SMARTS) is 1. The van der Waals surface area contributed by atoms with Crippen molar-refractivity contribution in [2.24, 2.45) is 0 Å². The van der Waals surface area contributed by atoms with Crippen LogP contribution in [0.5, 0.6) is 0 Å². The molecule has 0 aliphatic carbocycles. The van der Waals surface area contributed by atoms with Crippen LogP contribution >= 0.6 is 23.2 Å². The monoisotopic (exact) mass is 503 g/mol. The normalized spacial score (nSPS) is 19.2. The van der Waals surface area contributed by atoms with E-state index in [1.54, 1.807) is 29.2 Å². The molecule has 2 aromatic rings. The van der Waals surface area contributed by atoms with Crippen molar-refractivity contribution in [1.29, 1.82) is 0 Å². The van der Waals surface area contributed by atoms with Gasteiger partial charge in [0.1, 0.15) is 0 Å². The smallest absolute Gasteiger partial charge is 0.335 e. The third-order valence-electron chi connectivity index (χ3n) is 6.78. The minimum Gasteiger partial charge on any atom is -0.478 e. The molecule has 1 atom stereocenters. The SMILES string of the molecule is O=C(NCC(=O)N1CCC(N2CCC(c3ccccc3C(=O)O)CC2)C1)c1ccc(Cl)c(Cl)c1. The fourth-order valence-electron chi connectivity index (χ4n) is 4.90. The molecule has 0 spiro atoms. The van der Waals surface area contributed by atoms with Crippen molar-refractivity contribution < 1.29 is 19.5 Å². The fraction of sp³-hybridized carbons (Fsp3) is 0.400. The number of likely N-dealkylation sites (tertiary alicyclic amines) is 2. The van der Waals surface area contributed by atoms with Crippen LogP contribution in [0, 0.1) is 0 Å². The first-order valence-electron chi connectivity index (χ1n) is 11.4. The summed E-state index contributed by atoms with van der Waals surface area (Å²) >= 11 is 11.8. The summed E-state index contributed by atoms with van der Waals surface area (Å²) in [5, 5.41) is 12.8. The van der Waals surface area contributed by atoms with Gasteiger partial charge < -0.3 is 15.3 Å². The number of carboxylic acids is 1. The highest BCUT2D eigenvalue weighted by Gasteiger charge is 2.33. The number of carbonyl (C=O) groups excluding carboxylic acids is 2. The van der Waals surface area contributed by atoms with E-state index < -0.39 is 5.97 Å². The molecule has 2 amide bonds. The third kappa shape index (κ3) is 5.54. The molecule has 2 aliphatic rings. The van der Waals surface area contributed by atoms with Gasteiger partial charge in [-0.05, 0) is 68.1 Å². The lowest BCUT2D eigenvalue weighted by atomic mass is 9.86. The van der Waals surface area contributed by atoms with Crippen LogP contribution in [0.15, 0.2) is 42.5 Å². The topological polar surface area (TPSA) is 90.0 Å². The van der Waals surface area contributed by atoms with Crippen molar-refractivity contribution in [1.82, 2.24) is 15.1 Å². The molecule has 180 valence electrons. The van der Waals surface area contributed by atoms with Crippen molar-refractivity contribution in [2.75, 3.05) is 32.7 Å². The molecule has 0 radical (unpaired) electrons. The van der Waals surface area contributed by atoms with Crippen molar-refractivity contribution in [3.63, 3.8) is 0 Å². The quantitative estimate of drug-likeness (QED) is 0.623. The van der Waals surface area contributed by atoms with E-state index in [4.69, 9.17) is 23.2 Å². The first-order valence-corrected chi connectivity index (χ1v) is 12.2. The molecular weight excluding hydrogens is 477 g/mol. The number of amides is 2. The Morgan fingerprint density at radius 1 is 0.971 bits per heavy atom. The summed E-state index contributed by atoms with van der Waals surface area (Å²) in [6.07, 6.45) is 2.69. The molecule has 7 nitrogen and oxygen atoms in total. The number of rotatable bonds is 6. The number of nitrogens with one attached hydrogen (secondary N) is 1. The summed E-state index contributed by atoms with van der Waals surface area (Å²) in [6, 6.07) is 12.1. The van der Waals surface area contributed by atoms with Crippen LogP contribution < -0.4 is 5.32 Å². The highest BCUT2D eigenvalue weighted by atomic mass is 35.5. The summed E-state index contributed by atoms with van der Waals surface area (Å²) in [5.74, 6) is -1.12. The standard InChI is InChI=1S/C25H27Cl2N3O4/c26-21-6-5-17(13-22(21)27)24(32)28-14-23(31)30-12-9-18(15-30)29-10-7-16(8-11-29)19-3-1-2-4-20(19)25(33)34/h1-6,13,16,18H,7-12,14-15H2,(H,28,32)(H,33,34). The van der Waals surface area contributed by atoms with Gasteiger partial charge in [-0.25, -0.2) is 4.79 Å². The zero-order valence-corrected chi connectivity index (χ0v) is 20.2. The molecule has 2 aliphatic heterocycles. The van der Waals surface area contributed by atoms with E-state index in [9.17, 15) is 19.5 Å². The molecule has 2 fully saturated rings. The lowest BCUT2D eigenvalue weighted by molar-refractivity contribution is -0.129. The van der Waals surface area contributed by atoms with Gasteiger partial charge in [-0.15, -0.1) is 0 Å². The van der Waals surface area contributed by atoms with Crippen LogP contribution in [-0.2, 0) is 4.79 Å². The Morgan fingerprint density at radius 3 is 2.41 bits per heavy atom. The van der Waals surface area contributed by atoms with E-state index >= 15 is 0 Å². The second-order valence-corrected chi connectivity index (χ2v) is 9.61. The van der Waals surface area contributed by atoms with Gasteiger partial charge in [0.05, 0.1) is 22.2 Å². The van der Waals surface area contributed by atoms with E-state index in [1.165, 1.54) is 6.07 Å². The van der Waals surface area contributed by atoms with Gasteiger partial charge in [-0.3, -0.25) is 14.5 Å². The molecule has 1 unspecified atom stereocenters. The Hall–Kier alpha value is -2.61. The van der Waals surface area contributed by atoms with Gasteiger partial charge in [-0.1, -0.05) is 41.4 Å². The summed E-state index contributed by atoms with van der Waals surface area (Å²) < 4.78 is 0. The number of hydrogen-bond acceptors (Lipinski definition) is 4. The molecule has 2 heterocycles. The van der Waals surface area contributed by atoms with E-state index in [0.29, 0.717) is 34.3 Å². The van der Waals surface area contributed by atoms with Crippen molar-refractivity contribution in [2.45, 2.75) is 31.2 Å². The van der Waals surface area contributed by atoms with Gasteiger partial charge >= 0.3 is 5.97 Å². The number of benzene rings is 2. The van der Waals surface area contributed by atoms with Crippen LogP contribution in [0.1, 0.15) is 51.5 Å². The minimum absolute atomic E-state index is 0.0696. The maximum absolute atomic E-state index is 12.7. The second kappa shape index (κ2) is 10.8. The fourth-order valence-corrected chi connectivity index (χ4v) is 5.19. The molecule has 2 aromatic carbocycles. The third-order valence-corrected chi connectivity index (χ3v) is 7.51. The highest BCUT2D eigenvalue weighted by Crippen LogP contribution is 2.32. The number of aromatic carboxylic acids is 1. The molecule has 0 aromatic heterocycles. The molecule has 9 heteroatoms. The summed E-state index contributed by atoms with van der Waals surface area (Å²) in [7, 11) is 0. The molecular formula is C25H27Cl2N3O4. The maximum Gasteiger partial charge on any atom is 0.335 e. The Balaban J connectivity index is 1.25. The summed E-state index contributed by atoms with van der Waals surface area (Å²) in [5.41, 5.74) is 1.66. The first-order chi connectivity index (χ1) is 16.3. The molecule has 2 N–H and O–H groups in total. The zero-order valence-electron chi connectivity index (χ0n) is 18.7. The van der Waals surface area contributed by atoms with Gasteiger partial charge in [0.25, 0.3) is 5.91 Å². The number of carbonyl (C=O) groups is 3. The first kappa shape index (κ1) is 24.5. The number of nitrogens with zero attached hydrogens (tertiary/aromatic N) is 2. The maximum atomic E-state index is 12.7. The number of hydrogen-bond donors (Lipinski definition) is 2. The number of halogens is 2. The summed E-state index contributed by atoms with van der Waals surface area (Å²) in [4.78, 5) is 40.7. The van der Waals surface area contributed by atoms with Crippen LogP contribution in [0.2, 0.25) is 10.0 Å². The minimum atomic E-state index is -0.880. The van der Waals surface area contributed by atoms with Gasteiger partial charge in [0.2, 0.25) is 5.91 Å². The lowest BCUT2D eigenvalue weighted by Crippen LogP contribution is -2.44. The lowest BCUT2D eigenvalue weighted by Gasteiger charge is -2.36. The predicted molar refractivity (Wildman–Crippen MR) is 131 cm³/mol. The molecule has 0 saturated carbocycles. The Kier molecular flexibility index (Phi) is 7.76. The second-order valence-electron chi connectivity index (χ2n) is 8.80. The van der Waals surface area contributed by atoms with Crippen molar-refractivity contribution in [3.05, 3.63) is 69.2 Å². The number of piperidine rings is 1. The average Bonchev–Trinajstić information content (AvgIpc) is 3.34. The Bertz CT molecular complexity index is 1090. The average molecular weight is 504 g/mol. The Morgan fingerprint density at radius 2 is 1.71 bits per heavy atom. The van der Waals surface area contributed by atoms with Crippen LogP contribution in [0.4, 0.5) is 0 Å². The highest BCUT2D eigenvalue weighted by molar-refractivity contribution is 6.42. The molecule has 2 saturated heterocycles. The summed E-state index contributed by atoms with van der Waals surface area (Å²) in [6.45, 7) is 2.98. The molecule has 0 bridgehead atoms. The zero-order chi connectivity index (χ0) is 24.2. The van der Waals surface area contributed by atoms with E-state index in [1.807, 2.05) is 12.1 Å². The van der Waals surface area contributed by atoms with Crippen molar-refractivity contribution >= 4 is 41.0 Å². The molecule has 4 rings (SSSR count). The van der Waals surface area contributed by atoms with Crippen LogP contribution in [0.3, 0.4) is 0 Å². The van der Waals surface area contributed by atoms with E-state index in [0.717, 1.165) is 37.9 Å². The largest absolute Gasteiger partial charge is 0.478 e. The van der Waals surface area contributed by atoms with E-state index in [-0.39, 0.29) is 30.3 Å². The predicted octanol–water partition coefficient (Wildman–Crippen LogP) is 3.90. The van der Waals surface area contributed by atoms with Gasteiger partial charge in [0, 0.05) is 24.7 Å². The Labute approximate surface area is 208 Å².